The van der Waals surface area contributed by atoms with E-state index in [-0.39, 0.29) is 0 Å². The first-order valence-corrected chi connectivity index (χ1v) is 5.44. The Morgan fingerprint density at radius 3 is 2.18 bits per heavy atom. The molecule has 4 nitrogen and oxygen atoms in total. The van der Waals surface area contributed by atoms with Gasteiger partial charge in [-0.15, -0.1) is 0 Å². The average molecular weight is 239 g/mol. The van der Waals surface area contributed by atoms with Gasteiger partial charge in [-0.3, -0.25) is 0 Å². The Bertz CT molecular complexity index is 434. The highest BCUT2D eigenvalue weighted by molar-refractivity contribution is 6.63. The standard InChI is InChI=1S/C11H15BFNO3/c1-10(2)11(3,4)17-12(16-10)7-5-6-8(13)14-9(7)15/h5-6H,1-4H3,(H,14,15). The molecule has 2 heterocycles. The zero-order chi connectivity index (χ0) is 12.8. The van der Waals surface area contributed by atoms with Crippen molar-refractivity contribution in [2.75, 3.05) is 0 Å². The predicted octanol–water partition coefficient (Wildman–Crippen LogP) is 1.23. The third kappa shape index (κ3) is 2.02. The summed E-state index contributed by atoms with van der Waals surface area (Å²) in [5.41, 5.74) is -0.665. The maximum Gasteiger partial charge on any atom is 0.500 e. The van der Waals surface area contributed by atoms with Gasteiger partial charge in [0, 0.05) is 5.46 Å². The number of aromatic hydroxyl groups is 1. The summed E-state index contributed by atoms with van der Waals surface area (Å²) in [6, 6.07) is 2.58. The van der Waals surface area contributed by atoms with Crippen molar-refractivity contribution < 1.29 is 18.8 Å². The quantitative estimate of drug-likeness (QED) is 0.591. The summed E-state index contributed by atoms with van der Waals surface area (Å²) in [6.45, 7) is 7.62. The van der Waals surface area contributed by atoms with Crippen molar-refractivity contribution in [3.05, 3.63) is 18.1 Å². The number of nitrogens with zero attached hydrogens (tertiary/aromatic N) is 1. The second kappa shape index (κ2) is 3.68. The summed E-state index contributed by atoms with van der Waals surface area (Å²) in [7, 11) is -0.729. The lowest BCUT2D eigenvalue weighted by atomic mass is 9.80. The number of rotatable bonds is 1. The normalized spacial score (nSPS) is 21.8. The predicted molar refractivity (Wildman–Crippen MR) is 61.6 cm³/mol. The van der Waals surface area contributed by atoms with Crippen LogP contribution in [-0.2, 0) is 9.31 Å². The molecule has 1 saturated heterocycles. The van der Waals surface area contributed by atoms with Crippen molar-refractivity contribution in [3.63, 3.8) is 0 Å². The van der Waals surface area contributed by atoms with Gasteiger partial charge in [0.05, 0.1) is 11.2 Å². The van der Waals surface area contributed by atoms with Gasteiger partial charge < -0.3 is 14.4 Å². The molecule has 0 bridgehead atoms. The molecular weight excluding hydrogens is 224 g/mol. The van der Waals surface area contributed by atoms with E-state index in [2.05, 4.69) is 4.98 Å². The van der Waals surface area contributed by atoms with E-state index in [1.54, 1.807) is 0 Å². The fraction of sp³-hybridized carbons (Fsp3) is 0.545. The first-order valence-electron chi connectivity index (χ1n) is 5.44. The van der Waals surface area contributed by atoms with Crippen LogP contribution in [0.1, 0.15) is 27.7 Å². The van der Waals surface area contributed by atoms with Crippen LogP contribution in [-0.4, -0.2) is 28.4 Å². The van der Waals surface area contributed by atoms with Crippen molar-refractivity contribution in [2.24, 2.45) is 0 Å². The molecule has 1 fully saturated rings. The number of hydrogen-bond acceptors (Lipinski definition) is 4. The fourth-order valence-corrected chi connectivity index (χ4v) is 1.59. The minimum absolute atomic E-state index is 0.338. The minimum atomic E-state index is -0.734. The Kier molecular flexibility index (Phi) is 2.67. The highest BCUT2D eigenvalue weighted by atomic mass is 19.1. The van der Waals surface area contributed by atoms with Crippen molar-refractivity contribution >= 4 is 12.6 Å². The van der Waals surface area contributed by atoms with Crippen molar-refractivity contribution in [2.45, 2.75) is 38.9 Å². The average Bonchev–Trinajstić information content (AvgIpc) is 2.35. The van der Waals surface area contributed by atoms with Gasteiger partial charge in [-0.05, 0) is 33.8 Å². The van der Waals surface area contributed by atoms with Gasteiger partial charge in [0.25, 0.3) is 0 Å². The molecule has 0 spiro atoms. The molecule has 1 aliphatic rings. The molecule has 1 aliphatic heterocycles. The van der Waals surface area contributed by atoms with E-state index in [9.17, 15) is 9.50 Å². The topological polar surface area (TPSA) is 51.6 Å². The Labute approximate surface area is 99.9 Å². The van der Waals surface area contributed by atoms with E-state index in [0.717, 1.165) is 0 Å². The van der Waals surface area contributed by atoms with E-state index in [4.69, 9.17) is 9.31 Å². The third-order valence-electron chi connectivity index (χ3n) is 3.38. The fourth-order valence-electron chi connectivity index (χ4n) is 1.59. The second-order valence-electron chi connectivity index (χ2n) is 5.14. The molecule has 1 aromatic rings. The summed E-state index contributed by atoms with van der Waals surface area (Å²) in [5, 5.41) is 9.58. The van der Waals surface area contributed by atoms with Crippen LogP contribution in [0.3, 0.4) is 0 Å². The third-order valence-corrected chi connectivity index (χ3v) is 3.38. The van der Waals surface area contributed by atoms with Crippen LogP contribution in [0.25, 0.3) is 0 Å². The molecule has 0 saturated carbocycles. The SMILES string of the molecule is CC1(C)OB(c2ccc(F)nc2O)OC1(C)C. The Morgan fingerprint density at radius 2 is 1.71 bits per heavy atom. The molecule has 1 N–H and O–H groups in total. The highest BCUT2D eigenvalue weighted by Crippen LogP contribution is 2.36. The maximum atomic E-state index is 12.8. The number of hydrogen-bond donors (Lipinski definition) is 1. The summed E-state index contributed by atoms with van der Waals surface area (Å²) >= 11 is 0. The van der Waals surface area contributed by atoms with Crippen LogP contribution in [0.4, 0.5) is 4.39 Å². The molecule has 0 unspecified atom stereocenters. The van der Waals surface area contributed by atoms with Crippen LogP contribution in [0.15, 0.2) is 12.1 Å². The largest absolute Gasteiger partial charge is 0.500 e. The molecule has 1 aromatic heterocycles. The summed E-state index contributed by atoms with van der Waals surface area (Å²) in [6.07, 6.45) is 0. The van der Waals surface area contributed by atoms with Gasteiger partial charge in [0.15, 0.2) is 0 Å². The van der Waals surface area contributed by atoms with E-state index in [0.29, 0.717) is 5.46 Å². The van der Waals surface area contributed by atoms with Crippen LogP contribution < -0.4 is 5.46 Å². The molecule has 0 radical (unpaired) electrons. The molecular formula is C11H15BFNO3. The Morgan fingerprint density at radius 1 is 1.18 bits per heavy atom. The lowest BCUT2D eigenvalue weighted by Crippen LogP contribution is -2.41. The first kappa shape index (κ1) is 12.3. The second-order valence-corrected chi connectivity index (χ2v) is 5.14. The van der Waals surface area contributed by atoms with E-state index < -0.39 is 30.1 Å². The smallest absolute Gasteiger partial charge is 0.493 e. The van der Waals surface area contributed by atoms with Crippen molar-refractivity contribution in [3.8, 4) is 5.88 Å². The molecule has 2 rings (SSSR count). The minimum Gasteiger partial charge on any atom is -0.493 e. The number of halogens is 1. The van der Waals surface area contributed by atoms with Crippen molar-refractivity contribution in [1.29, 1.82) is 0 Å². The molecule has 0 aliphatic carbocycles. The summed E-state index contributed by atoms with van der Waals surface area (Å²) in [5.74, 6) is -1.13. The lowest BCUT2D eigenvalue weighted by Gasteiger charge is -2.32. The first-order chi connectivity index (χ1) is 7.73. The van der Waals surface area contributed by atoms with Gasteiger partial charge in [0.2, 0.25) is 11.8 Å². The van der Waals surface area contributed by atoms with Gasteiger partial charge in [-0.2, -0.15) is 9.37 Å². The van der Waals surface area contributed by atoms with E-state index >= 15 is 0 Å². The van der Waals surface area contributed by atoms with Crippen LogP contribution in [0.5, 0.6) is 5.88 Å². The monoisotopic (exact) mass is 239 g/mol. The molecule has 0 atom stereocenters. The molecule has 0 aromatic carbocycles. The van der Waals surface area contributed by atoms with Gasteiger partial charge in [-0.25, -0.2) is 0 Å². The number of pyridine rings is 1. The molecule has 6 heteroatoms. The van der Waals surface area contributed by atoms with Crippen LogP contribution in [0, 0.1) is 5.95 Å². The zero-order valence-corrected chi connectivity index (χ0v) is 10.3. The maximum absolute atomic E-state index is 12.8. The van der Waals surface area contributed by atoms with E-state index in [1.807, 2.05) is 27.7 Å². The summed E-state index contributed by atoms with van der Waals surface area (Å²) < 4.78 is 24.2. The van der Waals surface area contributed by atoms with Crippen LogP contribution in [0.2, 0.25) is 0 Å². The Balaban J connectivity index is 2.32. The van der Waals surface area contributed by atoms with Crippen LogP contribution >= 0.6 is 0 Å². The Hall–Kier alpha value is -1.14. The van der Waals surface area contributed by atoms with Gasteiger partial charge in [0.1, 0.15) is 0 Å². The summed E-state index contributed by atoms with van der Waals surface area (Å²) in [4.78, 5) is 3.34. The molecule has 0 amide bonds. The van der Waals surface area contributed by atoms with Crippen molar-refractivity contribution in [1.82, 2.24) is 4.98 Å². The lowest BCUT2D eigenvalue weighted by molar-refractivity contribution is 0.00578. The van der Waals surface area contributed by atoms with Gasteiger partial charge >= 0.3 is 7.12 Å². The highest BCUT2D eigenvalue weighted by Gasteiger charge is 2.52. The van der Waals surface area contributed by atoms with E-state index in [1.165, 1.54) is 12.1 Å². The molecule has 92 valence electrons. The number of aromatic nitrogens is 1. The molecule has 17 heavy (non-hydrogen) atoms. The zero-order valence-electron chi connectivity index (χ0n) is 10.3. The van der Waals surface area contributed by atoms with Gasteiger partial charge in [-0.1, -0.05) is 6.07 Å².